The molecule has 5 heteroatoms. The molecule has 0 bridgehead atoms. The third-order valence-electron chi connectivity index (χ3n) is 4.13. The predicted octanol–water partition coefficient (Wildman–Crippen LogP) is -0.0731. The van der Waals surface area contributed by atoms with Gasteiger partial charge in [-0.2, -0.15) is 0 Å². The topological polar surface area (TPSA) is 56.4 Å². The molecule has 0 radical (unpaired) electrons. The highest BCUT2D eigenvalue weighted by Gasteiger charge is 2.26. The summed E-state index contributed by atoms with van der Waals surface area (Å²) >= 11 is 0. The Bertz CT molecular complexity index is 281. The molecule has 2 heterocycles. The monoisotopic (exact) mass is 268 g/mol. The van der Waals surface area contributed by atoms with Crippen LogP contribution in [0.5, 0.6) is 0 Å². The summed E-state index contributed by atoms with van der Waals surface area (Å²) in [5.41, 5.74) is 0. The lowest BCUT2D eigenvalue weighted by atomic mass is 10.0. The molecule has 2 aliphatic heterocycles. The molecule has 0 saturated carbocycles. The molecular formula is C14H28N4O. The number of nitrogens with one attached hydrogen (secondary N) is 3. The Balaban J connectivity index is 1.69. The summed E-state index contributed by atoms with van der Waals surface area (Å²) in [6.07, 6.45) is 3.39. The molecule has 2 aliphatic rings. The predicted molar refractivity (Wildman–Crippen MR) is 77.2 cm³/mol. The van der Waals surface area contributed by atoms with E-state index in [1.165, 1.54) is 13.0 Å². The highest BCUT2D eigenvalue weighted by molar-refractivity contribution is 5.82. The van der Waals surface area contributed by atoms with E-state index >= 15 is 0 Å². The summed E-state index contributed by atoms with van der Waals surface area (Å²) in [5, 5.41) is 9.84. The lowest BCUT2D eigenvalue weighted by Crippen LogP contribution is -2.60. The number of amides is 1. The van der Waals surface area contributed by atoms with Crippen molar-refractivity contribution in [3.05, 3.63) is 0 Å². The summed E-state index contributed by atoms with van der Waals surface area (Å²) < 4.78 is 0. The zero-order valence-corrected chi connectivity index (χ0v) is 12.2. The van der Waals surface area contributed by atoms with Gasteiger partial charge in [-0.1, -0.05) is 6.92 Å². The Hall–Kier alpha value is -0.650. The normalized spacial score (nSPS) is 30.2. The molecule has 2 rings (SSSR count). The van der Waals surface area contributed by atoms with Crippen LogP contribution in [0, 0.1) is 0 Å². The number of rotatable bonds is 4. The molecule has 0 aromatic carbocycles. The number of piperidine rings is 1. The first-order valence-electron chi connectivity index (χ1n) is 7.68. The van der Waals surface area contributed by atoms with Gasteiger partial charge in [0, 0.05) is 38.3 Å². The Morgan fingerprint density at radius 1 is 1.26 bits per heavy atom. The SMILES string of the molecule is CCCN1CCC(NC(=O)C2CNC(C)CN2)CC1. The second-order valence-electron chi connectivity index (χ2n) is 5.89. The lowest BCUT2D eigenvalue weighted by Gasteiger charge is -2.34. The fraction of sp³-hybridized carbons (Fsp3) is 0.929. The van der Waals surface area contributed by atoms with Crippen LogP contribution in [0.3, 0.4) is 0 Å². The molecule has 3 N–H and O–H groups in total. The molecule has 2 atom stereocenters. The molecule has 0 spiro atoms. The molecule has 5 nitrogen and oxygen atoms in total. The van der Waals surface area contributed by atoms with Gasteiger partial charge >= 0.3 is 0 Å². The number of nitrogens with zero attached hydrogens (tertiary/aromatic N) is 1. The van der Waals surface area contributed by atoms with E-state index in [0.717, 1.165) is 39.0 Å². The first-order valence-corrected chi connectivity index (χ1v) is 7.68. The van der Waals surface area contributed by atoms with Crippen LogP contribution in [0.15, 0.2) is 0 Å². The minimum Gasteiger partial charge on any atom is -0.352 e. The Kier molecular flexibility index (Phi) is 5.60. The number of hydrogen-bond acceptors (Lipinski definition) is 4. The van der Waals surface area contributed by atoms with Crippen LogP contribution >= 0.6 is 0 Å². The molecule has 2 saturated heterocycles. The number of likely N-dealkylation sites (tertiary alicyclic amines) is 1. The Morgan fingerprint density at radius 3 is 2.58 bits per heavy atom. The molecule has 2 unspecified atom stereocenters. The molecule has 110 valence electrons. The van der Waals surface area contributed by atoms with Crippen molar-refractivity contribution < 1.29 is 4.79 Å². The van der Waals surface area contributed by atoms with Gasteiger partial charge in [0.25, 0.3) is 0 Å². The van der Waals surface area contributed by atoms with Gasteiger partial charge in [0.15, 0.2) is 0 Å². The van der Waals surface area contributed by atoms with E-state index in [0.29, 0.717) is 12.1 Å². The van der Waals surface area contributed by atoms with Gasteiger partial charge in [-0.15, -0.1) is 0 Å². The van der Waals surface area contributed by atoms with E-state index in [2.05, 4.69) is 34.7 Å². The van der Waals surface area contributed by atoms with E-state index in [1.807, 2.05) is 0 Å². The average Bonchev–Trinajstić information content (AvgIpc) is 2.42. The lowest BCUT2D eigenvalue weighted by molar-refractivity contribution is -0.124. The van der Waals surface area contributed by atoms with Crippen molar-refractivity contribution in [2.75, 3.05) is 32.7 Å². The van der Waals surface area contributed by atoms with Gasteiger partial charge in [-0.3, -0.25) is 4.79 Å². The van der Waals surface area contributed by atoms with Crippen LogP contribution in [0.25, 0.3) is 0 Å². The standard InChI is InChI=1S/C14H28N4O/c1-3-6-18-7-4-12(5-8-18)17-14(19)13-10-15-11(2)9-16-13/h11-13,15-16H,3-10H2,1-2H3,(H,17,19). The number of carbonyl (C=O) groups excluding carboxylic acids is 1. The fourth-order valence-electron chi connectivity index (χ4n) is 2.89. The van der Waals surface area contributed by atoms with Crippen LogP contribution in [-0.2, 0) is 4.79 Å². The van der Waals surface area contributed by atoms with Crippen molar-refractivity contribution in [1.29, 1.82) is 0 Å². The van der Waals surface area contributed by atoms with E-state index in [1.54, 1.807) is 0 Å². The van der Waals surface area contributed by atoms with Crippen molar-refractivity contribution in [3.8, 4) is 0 Å². The first-order chi connectivity index (χ1) is 9.19. The van der Waals surface area contributed by atoms with Crippen LogP contribution in [-0.4, -0.2) is 61.7 Å². The van der Waals surface area contributed by atoms with Crippen molar-refractivity contribution in [2.45, 2.75) is 51.2 Å². The summed E-state index contributed by atoms with van der Waals surface area (Å²) in [7, 11) is 0. The minimum atomic E-state index is -0.0649. The van der Waals surface area contributed by atoms with Gasteiger partial charge in [-0.05, 0) is 32.7 Å². The summed E-state index contributed by atoms with van der Waals surface area (Å²) in [6, 6.07) is 0.757. The van der Waals surface area contributed by atoms with E-state index in [9.17, 15) is 4.79 Å². The Morgan fingerprint density at radius 2 is 2.00 bits per heavy atom. The third kappa shape index (κ3) is 4.44. The summed E-state index contributed by atoms with van der Waals surface area (Å²) in [4.78, 5) is 14.6. The fourth-order valence-corrected chi connectivity index (χ4v) is 2.89. The van der Waals surface area contributed by atoms with Crippen molar-refractivity contribution in [3.63, 3.8) is 0 Å². The van der Waals surface area contributed by atoms with Gasteiger partial charge in [0.2, 0.25) is 5.91 Å². The highest BCUT2D eigenvalue weighted by Crippen LogP contribution is 2.10. The van der Waals surface area contributed by atoms with Gasteiger partial charge in [-0.25, -0.2) is 0 Å². The van der Waals surface area contributed by atoms with Crippen molar-refractivity contribution in [2.24, 2.45) is 0 Å². The van der Waals surface area contributed by atoms with E-state index in [4.69, 9.17) is 0 Å². The number of piperazine rings is 1. The summed E-state index contributed by atoms with van der Waals surface area (Å²) in [6.45, 7) is 9.38. The van der Waals surface area contributed by atoms with Crippen molar-refractivity contribution >= 4 is 5.91 Å². The van der Waals surface area contributed by atoms with Crippen LogP contribution in [0.4, 0.5) is 0 Å². The maximum absolute atomic E-state index is 12.2. The molecule has 0 aromatic rings. The Labute approximate surface area is 116 Å². The number of carbonyl (C=O) groups is 1. The maximum atomic E-state index is 12.2. The van der Waals surface area contributed by atoms with Crippen molar-refractivity contribution in [1.82, 2.24) is 20.9 Å². The quantitative estimate of drug-likeness (QED) is 0.668. The minimum absolute atomic E-state index is 0.0649. The molecule has 0 aromatic heterocycles. The number of hydrogen-bond donors (Lipinski definition) is 3. The summed E-state index contributed by atoms with van der Waals surface area (Å²) in [5.74, 6) is 0.161. The molecule has 2 fully saturated rings. The first kappa shape index (κ1) is 14.8. The average molecular weight is 268 g/mol. The van der Waals surface area contributed by atoms with Crippen LogP contribution in [0.1, 0.15) is 33.1 Å². The third-order valence-corrected chi connectivity index (χ3v) is 4.13. The second kappa shape index (κ2) is 7.22. The molecular weight excluding hydrogens is 240 g/mol. The molecule has 1 amide bonds. The van der Waals surface area contributed by atoms with E-state index < -0.39 is 0 Å². The van der Waals surface area contributed by atoms with Gasteiger partial charge < -0.3 is 20.9 Å². The zero-order chi connectivity index (χ0) is 13.7. The van der Waals surface area contributed by atoms with E-state index in [-0.39, 0.29) is 11.9 Å². The highest BCUT2D eigenvalue weighted by atomic mass is 16.2. The zero-order valence-electron chi connectivity index (χ0n) is 12.2. The largest absolute Gasteiger partial charge is 0.352 e. The maximum Gasteiger partial charge on any atom is 0.238 e. The second-order valence-corrected chi connectivity index (χ2v) is 5.89. The molecule has 19 heavy (non-hydrogen) atoms. The van der Waals surface area contributed by atoms with Gasteiger partial charge in [0.1, 0.15) is 0 Å². The molecule has 0 aliphatic carbocycles. The van der Waals surface area contributed by atoms with Crippen LogP contribution < -0.4 is 16.0 Å². The van der Waals surface area contributed by atoms with Crippen LogP contribution in [0.2, 0.25) is 0 Å². The smallest absolute Gasteiger partial charge is 0.238 e. The van der Waals surface area contributed by atoms with Gasteiger partial charge in [0.05, 0.1) is 6.04 Å².